The zero-order chi connectivity index (χ0) is 105. The summed E-state index contributed by atoms with van der Waals surface area (Å²) >= 11 is 16.8. The van der Waals surface area contributed by atoms with Gasteiger partial charge in [0.15, 0.2) is 74.5 Å². The predicted molar refractivity (Wildman–Crippen MR) is 555 cm³/mol. The Morgan fingerprint density at radius 3 is 1.31 bits per heavy atom. The van der Waals surface area contributed by atoms with Gasteiger partial charge in [-0.2, -0.15) is 20.4 Å². The number of ether oxygens (including phenoxy) is 1. The van der Waals surface area contributed by atoms with Crippen molar-refractivity contribution in [2.45, 2.75) is 188 Å². The van der Waals surface area contributed by atoms with Gasteiger partial charge in [0.05, 0.1) is 83.7 Å². The van der Waals surface area contributed by atoms with Crippen molar-refractivity contribution < 1.29 is 33.8 Å². The van der Waals surface area contributed by atoms with E-state index in [0.717, 1.165) is 113 Å². The smallest absolute Gasteiger partial charge is 0.354 e. The van der Waals surface area contributed by atoms with Gasteiger partial charge in [-0.05, 0) is 168 Å². The molecular weight excluding hydrogens is 1890 g/mol. The number of hydrogen-bond donors (Lipinski definition) is 10. The first-order valence-corrected chi connectivity index (χ1v) is 47.7. The Hall–Kier alpha value is -14.9. The topological polar surface area (TPSA) is 538 Å². The monoisotopic (exact) mass is 2020 g/mol. The second-order valence-corrected chi connectivity index (χ2v) is 37.4. The fourth-order valence-electron chi connectivity index (χ4n) is 15.8. The lowest BCUT2D eigenvalue weighted by atomic mass is 9.89. The number of aromatic carboxylic acids is 1. The van der Waals surface area contributed by atoms with Gasteiger partial charge in [-0.3, -0.25) is 37.9 Å². The second-order valence-electron chi connectivity index (χ2n) is 36.3. The molecule has 11 aromatic heterocycles. The van der Waals surface area contributed by atoms with Crippen molar-refractivity contribution in [3.8, 4) is 0 Å². The van der Waals surface area contributed by atoms with E-state index < -0.39 is 17.8 Å². The van der Waals surface area contributed by atoms with Gasteiger partial charge in [-0.15, -0.1) is 15.0 Å². The van der Waals surface area contributed by atoms with Crippen LogP contribution in [-0.4, -0.2) is 243 Å². The zero-order valence-corrected chi connectivity index (χ0v) is 86.1. The summed E-state index contributed by atoms with van der Waals surface area (Å²) in [5.41, 5.74) is 27.3. The maximum absolute atomic E-state index is 12.9. The maximum Gasteiger partial charge on any atom is 0.354 e. The molecule has 5 saturated heterocycles. The van der Waals surface area contributed by atoms with Crippen LogP contribution < -0.4 is 78.9 Å². The molecule has 5 aliphatic rings. The molecule has 10 atom stereocenters. The molecule has 0 unspecified atom stereocenters. The summed E-state index contributed by atoms with van der Waals surface area (Å²) in [7, 11) is 14.9. The Morgan fingerprint density at radius 2 is 0.909 bits per heavy atom. The highest BCUT2D eigenvalue weighted by atomic mass is 35.5. The van der Waals surface area contributed by atoms with Crippen LogP contribution >= 0.6 is 34.8 Å². The van der Waals surface area contributed by atoms with E-state index in [2.05, 4.69) is 182 Å². The van der Waals surface area contributed by atoms with Crippen molar-refractivity contribution in [1.82, 2.24) is 110 Å². The number of halogens is 3. The SMILES string of the molecule is CN(C)c1ccc(C(=O)O)nc1.C[C@@H]1[C@H](N)CCCN1c1cnc(C(N)=O)c(Nc2cnn(C)c2)n1.C[C@@H]1[C@H](NC(=O)c2ccc(N(C)C)cn2)CCCN1c1cnc(C(N)=O)c(Nc2cnn(C)c2)n1.C[C@H]1NCCC[C@H]1CC(=O)OC(C)(C)C.Cn1cc(N)cn1.[C-]#[N+]c1ncc(Cl)nc1Cl.[C-]#[N+]c1ncc(N2CCC[C@@H](C)[C@H]2C)nc1Cl.[C-]#[N+]c1ncc(N2CCC[C@@H](C)[C@H]2C)nc1Nc1cnn(C)c1. The van der Waals surface area contributed by atoms with Crippen molar-refractivity contribution in [1.29, 1.82) is 0 Å². The van der Waals surface area contributed by atoms with Gasteiger partial charge in [0.2, 0.25) is 0 Å². The predicted octanol–water partition coefficient (Wildman–Crippen LogP) is 13.4. The number of anilines is 13. The molecule has 0 aliphatic carbocycles. The quantitative estimate of drug-likeness (QED) is 0.0265. The minimum Gasteiger partial charge on any atom is -0.477 e. The van der Waals surface area contributed by atoms with E-state index in [9.17, 15) is 24.0 Å². The lowest BCUT2D eigenvalue weighted by Crippen LogP contribution is -2.54. The average Bonchev–Trinajstić information content (AvgIpc) is 1.57. The number of rotatable bonds is 19. The van der Waals surface area contributed by atoms with Crippen molar-refractivity contribution in [3.05, 3.63) is 190 Å². The van der Waals surface area contributed by atoms with Crippen LogP contribution in [0.2, 0.25) is 15.5 Å². The Bertz CT molecular complexity index is 6150. The Labute approximate surface area is 848 Å². The molecule has 143 heavy (non-hydrogen) atoms. The lowest BCUT2D eigenvalue weighted by molar-refractivity contribution is -0.156. The van der Waals surface area contributed by atoms with E-state index >= 15 is 0 Å². The number of piperidine rings is 5. The molecule has 0 spiro atoms. The highest BCUT2D eigenvalue weighted by molar-refractivity contribution is 6.34. The number of nitrogens with two attached hydrogens (primary N) is 4. The second kappa shape index (κ2) is 53.1. The number of esters is 1. The molecule has 11 aromatic rings. The molecule has 0 radical (unpaired) electrons. The third-order valence-corrected chi connectivity index (χ3v) is 24.8. The number of pyridine rings is 2. The molecule has 45 nitrogen and oxygen atoms in total. The van der Waals surface area contributed by atoms with Crippen LogP contribution in [0.15, 0.2) is 117 Å². The van der Waals surface area contributed by atoms with Crippen LogP contribution in [0.4, 0.5) is 92.3 Å². The number of carboxylic acids is 1. The van der Waals surface area contributed by atoms with Gasteiger partial charge in [-0.25, -0.2) is 49.7 Å². The molecular formula is C95H129Cl3N38O7. The standard InChI is InChI=1S/C23H30N10O2.C16H21N7.C15H22N8O.C12H15ClN4.C12H23NO2.C8H10N2O2.C5HCl2N3.C4H7N3/c1-14-17(29-23(35)18-8-7-16(11-25-18)31(2)3)6-5-9-33(14)19-12-26-20(21(24)34)22(30-19)28-15-10-27-32(4)13-15;1-11-6-5-7-23(12(11)2)14-9-18-15(17-3)16(21-14)20-13-8-19-22(4)10-13;1-9-11(16)4-3-5-23(9)12-7-18-13(14(17)24)15(21-12)20-10-6-19-22(2)8-10;1-8-5-4-6-17(9(8)2)10-7-15-12(14-3)11(13)16-10;1-9-10(6-5-7-13-9)8-11(14)15-12(2,3)4;1-10(2)6-3-4-7(8(11)12)9-5-6;1-8-5-4(7)10-3(6)2-9-5;1-7-3-4(5)2-6-7/h7-8,10-14,17H,5-6,9H2,1-4H3,(H2,24,34)(H,28,30)(H,29,35);8-12H,5-7H2,1-2,4H3,(H,20,21);6-9,11H,3-5,16H2,1-2H3,(H2,17,24)(H,20,21);7-9H,4-6H2,1-2H3;9-10,13H,5-8H2,1-4H3;3-5H,1-2H3,(H,11,12);2H;2-3H,5H2,1H3/t14-,17-;11-,12-;9-,11-;8-,9-;9-,10+;;;/m11111.../s1. The minimum atomic E-state index is -1.000. The number of nitrogens with one attached hydrogen (secondary N) is 5. The molecule has 0 aromatic carbocycles. The summed E-state index contributed by atoms with van der Waals surface area (Å²) in [4.78, 5) is 131. The van der Waals surface area contributed by atoms with Crippen LogP contribution in [0.1, 0.15) is 182 Å². The van der Waals surface area contributed by atoms with E-state index in [4.69, 9.17) is 87.3 Å². The Morgan fingerprint density at radius 1 is 0.497 bits per heavy atom. The van der Waals surface area contributed by atoms with Crippen LogP contribution in [0.25, 0.3) is 14.5 Å². The molecule has 0 bridgehead atoms. The van der Waals surface area contributed by atoms with Gasteiger partial charge in [0, 0.05) is 156 Å². The third-order valence-electron chi connectivity index (χ3n) is 24.1. The van der Waals surface area contributed by atoms with Gasteiger partial charge < -0.3 is 103 Å². The van der Waals surface area contributed by atoms with E-state index in [1.807, 2.05) is 92.0 Å². The first-order chi connectivity index (χ1) is 67.9. The summed E-state index contributed by atoms with van der Waals surface area (Å²) in [6, 6.07) is 8.15. The number of nitrogen functional groups attached to an aromatic ring is 1. The number of carboxylic acid groups (broad SMARTS) is 1. The molecule has 0 saturated carbocycles. The fraction of sp³-hybridized carbons (Fsp3) is 0.474. The number of amides is 3. The minimum absolute atomic E-state index is 0.0411. The molecule has 5 fully saturated rings. The van der Waals surface area contributed by atoms with E-state index in [0.29, 0.717) is 88.3 Å². The van der Waals surface area contributed by atoms with Crippen LogP contribution in [0, 0.1) is 37.5 Å². The molecule has 3 amide bonds. The van der Waals surface area contributed by atoms with Gasteiger partial charge in [-0.1, -0.05) is 68.4 Å². The molecule has 16 rings (SSSR count). The molecule has 14 N–H and O–H groups in total. The van der Waals surface area contributed by atoms with E-state index in [1.165, 1.54) is 37.5 Å². The highest BCUT2D eigenvalue weighted by Gasteiger charge is 2.35. The average molecular weight is 2020 g/mol. The number of nitrogens with zero attached hydrogens (tertiary/aromatic N) is 29. The lowest BCUT2D eigenvalue weighted by Gasteiger charge is -2.40. The number of carbonyl (C=O) groups is 5. The molecule has 48 heteroatoms. The van der Waals surface area contributed by atoms with Gasteiger partial charge >= 0.3 is 29.4 Å². The zero-order valence-electron chi connectivity index (χ0n) is 83.9. The van der Waals surface area contributed by atoms with Gasteiger partial charge in [0.25, 0.3) is 17.7 Å². The normalized spacial score (nSPS) is 18.9. The summed E-state index contributed by atoms with van der Waals surface area (Å²) in [6.07, 6.45) is 36.0. The van der Waals surface area contributed by atoms with Crippen LogP contribution in [0.5, 0.6) is 0 Å². The van der Waals surface area contributed by atoms with E-state index in [-0.39, 0.29) is 97.5 Å². The highest BCUT2D eigenvalue weighted by Crippen LogP contribution is 2.36. The molecule has 5 aliphatic heterocycles. The third kappa shape index (κ3) is 33.4. The van der Waals surface area contributed by atoms with Crippen molar-refractivity contribution in [2.75, 3.05) is 112 Å². The summed E-state index contributed by atoms with van der Waals surface area (Å²) in [5.74, 6) is 3.55. The number of carbonyl (C=O) groups excluding carboxylic acids is 4. The number of primary amides is 2. The van der Waals surface area contributed by atoms with Crippen molar-refractivity contribution in [3.63, 3.8) is 0 Å². The first-order valence-electron chi connectivity index (χ1n) is 46.5. The summed E-state index contributed by atoms with van der Waals surface area (Å²) in [6.45, 7) is 46.3. The van der Waals surface area contributed by atoms with Crippen molar-refractivity contribution >= 4 is 157 Å². The van der Waals surface area contributed by atoms with Crippen LogP contribution in [0.3, 0.4) is 0 Å². The molecule has 16 heterocycles. The number of aromatic nitrogens is 20. The first kappa shape index (κ1) is 112. The van der Waals surface area contributed by atoms with Crippen LogP contribution in [-0.2, 0) is 37.7 Å². The Kier molecular flexibility index (Phi) is 41.5. The fourth-order valence-corrected chi connectivity index (χ4v) is 16.3. The van der Waals surface area contributed by atoms with Crippen molar-refractivity contribution in [2.24, 2.45) is 63.1 Å². The summed E-state index contributed by atoms with van der Waals surface area (Å²) in [5, 5.41) is 40.9. The number of hydrogen-bond acceptors (Lipinski definition) is 34. The largest absolute Gasteiger partial charge is 0.477 e. The Balaban J connectivity index is 0.000000190. The van der Waals surface area contributed by atoms with E-state index in [1.54, 1.807) is 113 Å². The number of aryl methyl sites for hydroxylation is 4. The molecule has 762 valence electrons. The van der Waals surface area contributed by atoms with Gasteiger partial charge in [0.1, 0.15) is 28.6 Å². The maximum atomic E-state index is 12.9. The summed E-state index contributed by atoms with van der Waals surface area (Å²) < 4.78 is 12.0.